The lowest BCUT2D eigenvalue weighted by atomic mass is 9.98. The highest BCUT2D eigenvalue weighted by molar-refractivity contribution is 7.99. The Hall–Kier alpha value is -3.78. The third-order valence-electron chi connectivity index (χ3n) is 5.51. The van der Waals surface area contributed by atoms with E-state index in [1.807, 2.05) is 24.3 Å². The summed E-state index contributed by atoms with van der Waals surface area (Å²) in [6.45, 7) is 0.491. The van der Waals surface area contributed by atoms with Gasteiger partial charge in [0, 0.05) is 18.2 Å². The maximum absolute atomic E-state index is 12.6. The van der Waals surface area contributed by atoms with Gasteiger partial charge in [-0.05, 0) is 34.4 Å². The Balaban J connectivity index is 1.36. The van der Waals surface area contributed by atoms with E-state index in [0.717, 1.165) is 22.3 Å². The van der Waals surface area contributed by atoms with Gasteiger partial charge in [-0.25, -0.2) is 4.79 Å². The molecule has 0 saturated carbocycles. The van der Waals surface area contributed by atoms with Gasteiger partial charge >= 0.3 is 12.1 Å². The van der Waals surface area contributed by atoms with Crippen molar-refractivity contribution in [3.05, 3.63) is 89.5 Å². The molecule has 7 nitrogen and oxygen atoms in total. The van der Waals surface area contributed by atoms with E-state index in [-0.39, 0.29) is 24.2 Å². The highest BCUT2D eigenvalue weighted by Crippen LogP contribution is 2.44. The highest BCUT2D eigenvalue weighted by Gasteiger charge is 2.29. The van der Waals surface area contributed by atoms with Crippen molar-refractivity contribution in [3.63, 3.8) is 0 Å². The van der Waals surface area contributed by atoms with E-state index in [1.165, 1.54) is 11.8 Å². The van der Waals surface area contributed by atoms with E-state index < -0.39 is 12.1 Å². The van der Waals surface area contributed by atoms with Gasteiger partial charge in [0.15, 0.2) is 0 Å². The molecule has 0 spiro atoms. The van der Waals surface area contributed by atoms with E-state index in [2.05, 4.69) is 34.9 Å². The first-order valence-corrected chi connectivity index (χ1v) is 12.0. The topological polar surface area (TPSA) is 105 Å². The van der Waals surface area contributed by atoms with Gasteiger partial charge in [-0.1, -0.05) is 60.7 Å². The minimum atomic E-state index is -0.894. The number of fused-ring (bicyclic) bond motifs is 3. The Morgan fingerprint density at radius 3 is 2.18 bits per heavy atom. The largest absolute Gasteiger partial charge is 0.481 e. The van der Waals surface area contributed by atoms with Gasteiger partial charge in [0.25, 0.3) is 5.91 Å². The number of carbonyl (C=O) groups is 3. The molecule has 0 radical (unpaired) electrons. The minimum absolute atomic E-state index is 0.0181. The maximum Gasteiger partial charge on any atom is 0.411 e. The summed E-state index contributed by atoms with van der Waals surface area (Å²) in [5.41, 5.74) is 5.19. The Labute approximate surface area is 201 Å². The fourth-order valence-electron chi connectivity index (χ4n) is 4.03. The molecule has 34 heavy (non-hydrogen) atoms. The Morgan fingerprint density at radius 2 is 1.50 bits per heavy atom. The highest BCUT2D eigenvalue weighted by atomic mass is 32.2. The molecule has 0 heterocycles. The number of carbonyl (C=O) groups excluding carboxylic acids is 2. The second kappa shape index (κ2) is 10.9. The summed E-state index contributed by atoms with van der Waals surface area (Å²) in [7, 11) is 0. The van der Waals surface area contributed by atoms with Gasteiger partial charge < -0.3 is 15.2 Å². The summed E-state index contributed by atoms with van der Waals surface area (Å²) in [4.78, 5) is 35.7. The van der Waals surface area contributed by atoms with Crippen LogP contribution < -0.4 is 10.6 Å². The number of anilines is 1. The van der Waals surface area contributed by atoms with Crippen LogP contribution in [0.25, 0.3) is 11.1 Å². The van der Waals surface area contributed by atoms with Crippen molar-refractivity contribution in [2.24, 2.45) is 0 Å². The van der Waals surface area contributed by atoms with E-state index in [4.69, 9.17) is 9.84 Å². The number of nitrogens with one attached hydrogen (secondary N) is 2. The van der Waals surface area contributed by atoms with Crippen molar-refractivity contribution < 1.29 is 24.2 Å². The van der Waals surface area contributed by atoms with E-state index in [9.17, 15) is 14.4 Å². The summed E-state index contributed by atoms with van der Waals surface area (Å²) < 4.78 is 5.57. The molecular weight excluding hydrogens is 452 g/mol. The van der Waals surface area contributed by atoms with Crippen LogP contribution in [-0.4, -0.2) is 47.7 Å². The molecule has 1 aliphatic carbocycles. The molecule has 0 bridgehead atoms. The molecule has 174 valence electrons. The second-order valence-corrected chi connectivity index (χ2v) is 8.80. The zero-order valence-corrected chi connectivity index (χ0v) is 19.1. The second-order valence-electron chi connectivity index (χ2n) is 7.70. The standard InChI is InChI=1S/C26H24N2O5S/c29-24(30)16-34-14-13-27-25(31)21-11-5-6-12-23(21)28-26(32)33-15-22-19-9-3-1-7-17(19)18-8-2-4-10-20(18)22/h1-12,22H,13-16H2,(H,27,31)(H,28,32)(H,29,30). The normalized spacial score (nSPS) is 11.9. The van der Waals surface area contributed by atoms with Crippen molar-refractivity contribution in [1.29, 1.82) is 0 Å². The van der Waals surface area contributed by atoms with Gasteiger partial charge in [-0.2, -0.15) is 0 Å². The summed E-state index contributed by atoms with van der Waals surface area (Å²) in [6, 6.07) is 22.9. The van der Waals surface area contributed by atoms with Gasteiger partial charge in [-0.15, -0.1) is 11.8 Å². The van der Waals surface area contributed by atoms with Crippen molar-refractivity contribution in [2.75, 3.05) is 30.0 Å². The summed E-state index contributed by atoms with van der Waals surface area (Å²) in [5.74, 6) is -0.852. The quantitative estimate of drug-likeness (QED) is 0.390. The van der Waals surface area contributed by atoms with Crippen LogP contribution in [0.3, 0.4) is 0 Å². The van der Waals surface area contributed by atoms with Gasteiger partial charge in [-0.3, -0.25) is 14.9 Å². The number of benzene rings is 3. The lowest BCUT2D eigenvalue weighted by Gasteiger charge is -2.15. The fraction of sp³-hybridized carbons (Fsp3) is 0.192. The molecule has 0 saturated heterocycles. The molecule has 0 aliphatic heterocycles. The Kier molecular flexibility index (Phi) is 7.49. The Morgan fingerprint density at radius 1 is 0.882 bits per heavy atom. The van der Waals surface area contributed by atoms with E-state index in [1.54, 1.807) is 24.3 Å². The van der Waals surface area contributed by atoms with Crippen LogP contribution in [0.4, 0.5) is 10.5 Å². The van der Waals surface area contributed by atoms with Crippen LogP contribution in [0, 0.1) is 0 Å². The maximum atomic E-state index is 12.6. The molecule has 3 aromatic rings. The monoisotopic (exact) mass is 476 g/mol. The summed E-state index contributed by atoms with van der Waals surface area (Å²) in [5, 5.41) is 14.1. The molecule has 0 fully saturated rings. The Bertz CT molecular complexity index is 1170. The predicted octanol–water partition coefficient (Wildman–Crippen LogP) is 4.60. The lowest BCUT2D eigenvalue weighted by Crippen LogP contribution is -2.27. The number of carboxylic acids is 1. The van der Waals surface area contributed by atoms with Gasteiger partial charge in [0.1, 0.15) is 6.61 Å². The fourth-order valence-corrected chi connectivity index (χ4v) is 4.59. The average Bonchev–Trinajstić information content (AvgIpc) is 3.16. The zero-order valence-electron chi connectivity index (χ0n) is 18.3. The number of thioether (sulfide) groups is 1. The first-order chi connectivity index (χ1) is 16.5. The van der Waals surface area contributed by atoms with Crippen LogP contribution >= 0.6 is 11.8 Å². The zero-order chi connectivity index (χ0) is 23.9. The number of hydrogen-bond acceptors (Lipinski definition) is 5. The van der Waals surface area contributed by atoms with Crippen molar-refractivity contribution in [1.82, 2.24) is 5.32 Å². The minimum Gasteiger partial charge on any atom is -0.481 e. The number of rotatable bonds is 9. The smallest absolute Gasteiger partial charge is 0.411 e. The average molecular weight is 477 g/mol. The molecule has 4 rings (SSSR count). The summed E-state index contributed by atoms with van der Waals surface area (Å²) in [6.07, 6.45) is -0.640. The SMILES string of the molecule is O=C(O)CSCCNC(=O)c1ccccc1NC(=O)OCC1c2ccccc2-c2ccccc21. The summed E-state index contributed by atoms with van der Waals surface area (Å²) >= 11 is 1.22. The number of aliphatic carboxylic acids is 1. The van der Waals surface area contributed by atoms with Crippen LogP contribution in [0.5, 0.6) is 0 Å². The molecular formula is C26H24N2O5S. The first-order valence-electron chi connectivity index (χ1n) is 10.8. The third kappa shape index (κ3) is 5.40. The van der Waals surface area contributed by atoms with Crippen LogP contribution in [-0.2, 0) is 9.53 Å². The lowest BCUT2D eigenvalue weighted by molar-refractivity contribution is -0.133. The molecule has 0 aromatic heterocycles. The number of ether oxygens (including phenoxy) is 1. The van der Waals surface area contributed by atoms with Crippen molar-refractivity contribution >= 4 is 35.4 Å². The van der Waals surface area contributed by atoms with Crippen LogP contribution in [0.15, 0.2) is 72.8 Å². The van der Waals surface area contributed by atoms with E-state index in [0.29, 0.717) is 23.5 Å². The molecule has 0 unspecified atom stereocenters. The molecule has 2 amide bonds. The van der Waals surface area contributed by atoms with Crippen LogP contribution in [0.2, 0.25) is 0 Å². The molecule has 0 atom stereocenters. The number of hydrogen-bond donors (Lipinski definition) is 3. The van der Waals surface area contributed by atoms with Gasteiger partial charge in [0.2, 0.25) is 0 Å². The number of amides is 2. The van der Waals surface area contributed by atoms with Crippen molar-refractivity contribution in [3.8, 4) is 11.1 Å². The molecule has 8 heteroatoms. The first kappa shape index (κ1) is 23.4. The van der Waals surface area contributed by atoms with E-state index >= 15 is 0 Å². The van der Waals surface area contributed by atoms with Crippen molar-refractivity contribution in [2.45, 2.75) is 5.92 Å². The number of para-hydroxylation sites is 1. The molecule has 3 aromatic carbocycles. The third-order valence-corrected chi connectivity index (χ3v) is 6.45. The molecule has 1 aliphatic rings. The number of carboxylic acid groups (broad SMARTS) is 1. The predicted molar refractivity (Wildman–Crippen MR) is 132 cm³/mol. The van der Waals surface area contributed by atoms with Gasteiger partial charge in [0.05, 0.1) is 17.0 Å². The molecule has 3 N–H and O–H groups in total. The van der Waals surface area contributed by atoms with Crippen LogP contribution in [0.1, 0.15) is 27.4 Å².